The van der Waals surface area contributed by atoms with Crippen LogP contribution in [0.3, 0.4) is 0 Å². The zero-order valence-electron chi connectivity index (χ0n) is 11.7. The van der Waals surface area contributed by atoms with Gasteiger partial charge in [-0.25, -0.2) is 0 Å². The Bertz CT molecular complexity index is 232. The number of rotatable bonds is 4. The van der Waals surface area contributed by atoms with E-state index in [4.69, 9.17) is 4.74 Å². The highest BCUT2D eigenvalue weighted by Crippen LogP contribution is 2.16. The molecule has 2 fully saturated rings. The van der Waals surface area contributed by atoms with Crippen molar-refractivity contribution in [3.8, 4) is 0 Å². The fourth-order valence-electron chi connectivity index (χ4n) is 3.02. The molecule has 106 valence electrons. The summed E-state index contributed by atoms with van der Waals surface area (Å²) in [6.07, 6.45) is 4.32. The van der Waals surface area contributed by atoms with Crippen molar-refractivity contribution in [2.24, 2.45) is 0 Å². The van der Waals surface area contributed by atoms with Crippen molar-refractivity contribution in [1.82, 2.24) is 9.80 Å². The first-order valence-electron chi connectivity index (χ1n) is 7.51. The fraction of sp³-hybridized carbons (Fsp3) is 1.00. The van der Waals surface area contributed by atoms with Gasteiger partial charge in [0.05, 0.1) is 6.10 Å². The maximum absolute atomic E-state index is 9.74. The minimum atomic E-state index is -0.153. The average molecular weight is 256 g/mol. The van der Waals surface area contributed by atoms with Gasteiger partial charge in [0.25, 0.3) is 0 Å². The molecular weight excluding hydrogens is 228 g/mol. The van der Waals surface area contributed by atoms with Crippen LogP contribution in [0, 0.1) is 0 Å². The molecule has 0 spiro atoms. The lowest BCUT2D eigenvalue weighted by atomic mass is 10.1. The van der Waals surface area contributed by atoms with E-state index in [0.717, 1.165) is 51.9 Å². The third kappa shape index (κ3) is 4.19. The number of ether oxygens (including phenoxy) is 1. The van der Waals surface area contributed by atoms with Crippen LogP contribution < -0.4 is 0 Å². The third-order valence-corrected chi connectivity index (χ3v) is 4.27. The van der Waals surface area contributed by atoms with Crippen molar-refractivity contribution in [3.63, 3.8) is 0 Å². The minimum Gasteiger partial charge on any atom is -0.392 e. The Morgan fingerprint density at radius 1 is 1.17 bits per heavy atom. The van der Waals surface area contributed by atoms with E-state index >= 15 is 0 Å². The van der Waals surface area contributed by atoms with Gasteiger partial charge in [-0.15, -0.1) is 0 Å². The molecule has 4 heteroatoms. The Balaban J connectivity index is 1.76. The van der Waals surface area contributed by atoms with E-state index in [9.17, 15) is 5.11 Å². The minimum absolute atomic E-state index is 0.153. The van der Waals surface area contributed by atoms with Crippen LogP contribution in [0.1, 0.15) is 32.6 Å². The zero-order chi connectivity index (χ0) is 12.8. The Kier molecular flexibility index (Phi) is 5.89. The van der Waals surface area contributed by atoms with Gasteiger partial charge in [-0.2, -0.15) is 0 Å². The molecule has 0 aromatic rings. The largest absolute Gasteiger partial charge is 0.392 e. The molecule has 0 aromatic heterocycles. The second-order valence-electron chi connectivity index (χ2n) is 5.60. The van der Waals surface area contributed by atoms with Gasteiger partial charge in [0.1, 0.15) is 0 Å². The van der Waals surface area contributed by atoms with Gasteiger partial charge in [0, 0.05) is 38.9 Å². The van der Waals surface area contributed by atoms with Gasteiger partial charge < -0.3 is 9.84 Å². The molecule has 0 aromatic carbocycles. The maximum Gasteiger partial charge on any atom is 0.0664 e. The second kappa shape index (κ2) is 7.43. The molecule has 2 saturated heterocycles. The van der Waals surface area contributed by atoms with Gasteiger partial charge in [0.15, 0.2) is 0 Å². The molecule has 4 nitrogen and oxygen atoms in total. The standard InChI is InChI=1S/C14H28N2O2/c1-2-14(17)12-15-6-3-7-16(9-8-15)13-4-10-18-11-5-13/h13-14,17H,2-12H2,1H3/t14-/m0/s1. The molecule has 1 atom stereocenters. The van der Waals surface area contributed by atoms with E-state index < -0.39 is 0 Å². The summed E-state index contributed by atoms with van der Waals surface area (Å²) < 4.78 is 5.44. The molecular formula is C14H28N2O2. The molecule has 2 heterocycles. The van der Waals surface area contributed by atoms with Crippen molar-refractivity contribution < 1.29 is 9.84 Å². The highest BCUT2D eigenvalue weighted by atomic mass is 16.5. The first-order valence-corrected chi connectivity index (χ1v) is 7.51. The lowest BCUT2D eigenvalue weighted by Crippen LogP contribution is -2.42. The predicted molar refractivity (Wildman–Crippen MR) is 72.8 cm³/mol. The van der Waals surface area contributed by atoms with Crippen molar-refractivity contribution in [3.05, 3.63) is 0 Å². The quantitative estimate of drug-likeness (QED) is 0.812. The van der Waals surface area contributed by atoms with Gasteiger partial charge >= 0.3 is 0 Å². The van der Waals surface area contributed by atoms with Gasteiger partial charge in [0.2, 0.25) is 0 Å². The van der Waals surface area contributed by atoms with E-state index in [1.165, 1.54) is 25.8 Å². The highest BCUT2D eigenvalue weighted by molar-refractivity contribution is 4.79. The SMILES string of the molecule is CC[C@H](O)CN1CCCN(C2CCOCC2)CC1. The van der Waals surface area contributed by atoms with Crippen LogP contribution in [-0.4, -0.2) is 73.0 Å². The predicted octanol–water partition coefficient (Wildman–Crippen LogP) is 0.944. The van der Waals surface area contributed by atoms with Crippen molar-refractivity contribution in [2.75, 3.05) is 45.9 Å². The van der Waals surface area contributed by atoms with Crippen LogP contribution >= 0.6 is 0 Å². The van der Waals surface area contributed by atoms with Crippen LogP contribution in [0.2, 0.25) is 0 Å². The summed E-state index contributed by atoms with van der Waals surface area (Å²) in [7, 11) is 0. The summed E-state index contributed by atoms with van der Waals surface area (Å²) in [6, 6.07) is 0.731. The normalized spacial score (nSPS) is 27.0. The van der Waals surface area contributed by atoms with Crippen molar-refractivity contribution in [1.29, 1.82) is 0 Å². The molecule has 0 unspecified atom stereocenters. The van der Waals surface area contributed by atoms with Crippen LogP contribution in [0.25, 0.3) is 0 Å². The first-order chi connectivity index (χ1) is 8.79. The first kappa shape index (κ1) is 14.3. The average Bonchev–Trinajstić information content (AvgIpc) is 2.65. The number of aliphatic hydroxyl groups excluding tert-OH is 1. The molecule has 2 rings (SSSR count). The van der Waals surface area contributed by atoms with E-state index in [-0.39, 0.29) is 6.10 Å². The number of nitrogens with zero attached hydrogens (tertiary/aromatic N) is 2. The van der Waals surface area contributed by atoms with E-state index in [1.807, 2.05) is 0 Å². The number of aliphatic hydroxyl groups is 1. The summed E-state index contributed by atoms with van der Waals surface area (Å²) in [6.45, 7) is 9.36. The van der Waals surface area contributed by atoms with Crippen molar-refractivity contribution >= 4 is 0 Å². The molecule has 18 heavy (non-hydrogen) atoms. The zero-order valence-corrected chi connectivity index (χ0v) is 11.7. The highest BCUT2D eigenvalue weighted by Gasteiger charge is 2.24. The molecule has 2 aliphatic heterocycles. The van der Waals surface area contributed by atoms with Crippen LogP contribution in [0.5, 0.6) is 0 Å². The van der Waals surface area contributed by atoms with Gasteiger partial charge in [-0.1, -0.05) is 6.92 Å². The summed E-state index contributed by atoms with van der Waals surface area (Å²) >= 11 is 0. The topological polar surface area (TPSA) is 35.9 Å². The van der Waals surface area contributed by atoms with Crippen LogP contribution in [0.15, 0.2) is 0 Å². The monoisotopic (exact) mass is 256 g/mol. The van der Waals surface area contributed by atoms with E-state index in [2.05, 4.69) is 16.7 Å². The maximum atomic E-state index is 9.74. The summed E-state index contributed by atoms with van der Waals surface area (Å²) in [5.74, 6) is 0. The summed E-state index contributed by atoms with van der Waals surface area (Å²) in [4.78, 5) is 5.06. The molecule has 1 N–H and O–H groups in total. The van der Waals surface area contributed by atoms with E-state index in [1.54, 1.807) is 0 Å². The smallest absolute Gasteiger partial charge is 0.0664 e. The van der Waals surface area contributed by atoms with Crippen molar-refractivity contribution in [2.45, 2.75) is 44.8 Å². The summed E-state index contributed by atoms with van der Waals surface area (Å²) in [5, 5.41) is 9.74. The fourth-order valence-corrected chi connectivity index (χ4v) is 3.02. The second-order valence-corrected chi connectivity index (χ2v) is 5.60. The Hall–Kier alpha value is -0.160. The van der Waals surface area contributed by atoms with Gasteiger partial charge in [-0.3, -0.25) is 9.80 Å². The molecule has 0 amide bonds. The molecule has 0 radical (unpaired) electrons. The lowest BCUT2D eigenvalue weighted by molar-refractivity contribution is 0.0347. The number of hydrogen-bond acceptors (Lipinski definition) is 4. The Morgan fingerprint density at radius 3 is 2.67 bits per heavy atom. The number of β-amino-alcohol motifs (C(OH)–C–C–N with tert-alkyl or cyclic N) is 1. The molecule has 0 saturated carbocycles. The molecule has 0 aliphatic carbocycles. The molecule has 2 aliphatic rings. The molecule has 0 bridgehead atoms. The number of hydrogen-bond donors (Lipinski definition) is 1. The Labute approximate surface area is 111 Å². The lowest BCUT2D eigenvalue weighted by Gasteiger charge is -2.33. The Morgan fingerprint density at radius 2 is 1.94 bits per heavy atom. The van der Waals surface area contributed by atoms with E-state index in [0.29, 0.717) is 0 Å². The van der Waals surface area contributed by atoms with Crippen LogP contribution in [0.4, 0.5) is 0 Å². The summed E-state index contributed by atoms with van der Waals surface area (Å²) in [5.41, 5.74) is 0. The van der Waals surface area contributed by atoms with Crippen LogP contribution in [-0.2, 0) is 4.74 Å². The third-order valence-electron chi connectivity index (χ3n) is 4.27. The van der Waals surface area contributed by atoms with Gasteiger partial charge in [-0.05, 0) is 38.8 Å².